The molecule has 0 saturated heterocycles. The van der Waals surface area contributed by atoms with E-state index >= 15 is 0 Å². The van der Waals surface area contributed by atoms with Crippen LogP contribution >= 0.6 is 15.6 Å². The summed E-state index contributed by atoms with van der Waals surface area (Å²) in [6, 6.07) is 0. The number of esters is 4. The molecule has 3 N–H and O–H groups in total. The summed E-state index contributed by atoms with van der Waals surface area (Å²) in [7, 11) is -9.99. The molecule has 17 nitrogen and oxygen atoms in total. The third-order valence-corrected chi connectivity index (χ3v) is 18.1. The smallest absolute Gasteiger partial charge is 0.462 e. The van der Waals surface area contributed by atoms with Gasteiger partial charge in [-0.15, -0.1) is 0 Å². The van der Waals surface area contributed by atoms with Gasteiger partial charge in [0.2, 0.25) is 0 Å². The highest BCUT2D eigenvalue weighted by Crippen LogP contribution is 2.45. The minimum absolute atomic E-state index is 0.0619. The Labute approximate surface area is 630 Å². The van der Waals surface area contributed by atoms with Crippen LogP contribution in [-0.4, -0.2) is 96.7 Å². The zero-order valence-electron chi connectivity index (χ0n) is 64.9. The van der Waals surface area contributed by atoms with E-state index in [1.807, 2.05) is 12.2 Å². The molecule has 19 heteroatoms. The fourth-order valence-corrected chi connectivity index (χ4v) is 11.7. The average Bonchev–Trinajstić information content (AvgIpc) is 0.918. The monoisotopic (exact) mass is 1500 g/mol. The minimum Gasteiger partial charge on any atom is -0.462 e. The van der Waals surface area contributed by atoms with Crippen molar-refractivity contribution in [1.29, 1.82) is 0 Å². The van der Waals surface area contributed by atoms with E-state index in [-0.39, 0.29) is 25.7 Å². The first-order chi connectivity index (χ1) is 50.7. The van der Waals surface area contributed by atoms with Crippen molar-refractivity contribution in [2.24, 2.45) is 0 Å². The maximum absolute atomic E-state index is 13.1. The summed E-state index contributed by atoms with van der Waals surface area (Å²) in [5.41, 5.74) is 0. The van der Waals surface area contributed by atoms with Crippen LogP contribution in [0.2, 0.25) is 0 Å². The number of unbranched alkanes of at least 4 members (excludes halogenated alkanes) is 24. The summed E-state index contributed by atoms with van der Waals surface area (Å²) in [5.74, 6) is -2.29. The van der Waals surface area contributed by atoms with Crippen LogP contribution in [0.25, 0.3) is 0 Å². The number of aliphatic hydroxyl groups excluding tert-OH is 1. The maximum atomic E-state index is 13.1. The third kappa shape index (κ3) is 75.2. The summed E-state index contributed by atoms with van der Waals surface area (Å²) in [6.45, 7) is 4.53. The Bertz CT molecular complexity index is 2540. The topological polar surface area (TPSA) is 237 Å². The van der Waals surface area contributed by atoms with Gasteiger partial charge in [-0.2, -0.15) is 0 Å². The van der Waals surface area contributed by atoms with Gasteiger partial charge in [0.1, 0.15) is 19.3 Å². The van der Waals surface area contributed by atoms with Crippen LogP contribution in [0.1, 0.15) is 310 Å². The molecule has 5 atom stereocenters. The Morgan fingerprint density at radius 3 is 0.846 bits per heavy atom. The third-order valence-electron chi connectivity index (χ3n) is 16.2. The SMILES string of the molecule is CC/C=C\C/C=C\C/C=C\C/C=C\C/C=C\CCCC(=O)OCC(COP(=O)(O)OCC(O)COP(=O)(O)OCC(COC(=O)CCCCCCCC/C=C\C/C=C\C/C=C\CCCCC)OC(=O)CCCCCCC/C=C\C/C=C\CCCCC)OC(=O)CCCCCCC/C=C\C/C=C\CCC. The standard InChI is InChI=1S/C85H142O17P2/c1-5-9-13-17-21-25-29-33-36-38-39-41-44-47-50-54-58-62-66-70-83(88)96-76-81(102-85(90)72-68-64-60-56-52-48-42-35-31-27-23-19-15-11-7-3)78-100-104(93,94)98-74-79(86)73-97-103(91,92)99-77-80(101-84(89)71-67-63-59-55-51-45-32-28-24-20-16-12-8-4)75-95-82(87)69-65-61-57-53-49-46-43-40-37-34-30-26-22-18-14-10-6-2/h10,14,16,20-23,25-28,32-37,39,41-43,46,53,57,79-81,86H,5-9,11-13,15,17-19,24,29-31,38,40,44-45,47-52,54-56,58-78H2,1-4H3,(H,91,92)(H,93,94)/b14-10-,20-16-,25-21-,26-22-,27-23-,32-28-,36-33-,37-34-,41-39-,42-35-,46-43-,57-53-. The molecule has 0 bridgehead atoms. The molecular weight excluding hydrogens is 1350 g/mol. The van der Waals surface area contributed by atoms with Gasteiger partial charge < -0.3 is 33.8 Å². The molecule has 0 aliphatic rings. The van der Waals surface area contributed by atoms with E-state index in [2.05, 4.69) is 161 Å². The van der Waals surface area contributed by atoms with Crippen molar-refractivity contribution in [2.45, 2.75) is 329 Å². The first kappa shape index (κ1) is 98.9. The predicted molar refractivity (Wildman–Crippen MR) is 427 cm³/mol. The highest BCUT2D eigenvalue weighted by Gasteiger charge is 2.30. The molecule has 0 aromatic rings. The minimum atomic E-state index is -5.00. The first-order valence-corrected chi connectivity index (χ1v) is 43.1. The van der Waals surface area contributed by atoms with E-state index in [4.69, 9.17) is 37.0 Å². The molecule has 0 amide bonds. The average molecular weight is 1500 g/mol. The fraction of sp³-hybridized carbons (Fsp3) is 0.671. The van der Waals surface area contributed by atoms with Crippen LogP contribution in [0.3, 0.4) is 0 Å². The molecule has 0 spiro atoms. The molecule has 0 fully saturated rings. The van der Waals surface area contributed by atoms with Gasteiger partial charge in [0.05, 0.1) is 26.4 Å². The number of aliphatic hydroxyl groups is 1. The van der Waals surface area contributed by atoms with Gasteiger partial charge in [-0.1, -0.05) is 270 Å². The van der Waals surface area contributed by atoms with Crippen molar-refractivity contribution in [3.05, 3.63) is 146 Å². The largest absolute Gasteiger partial charge is 0.472 e. The molecule has 0 aliphatic heterocycles. The number of ether oxygens (including phenoxy) is 4. The molecule has 594 valence electrons. The van der Waals surface area contributed by atoms with Gasteiger partial charge in [-0.25, -0.2) is 9.13 Å². The number of phosphoric acid groups is 2. The first-order valence-electron chi connectivity index (χ1n) is 40.1. The number of hydrogen-bond donors (Lipinski definition) is 3. The second kappa shape index (κ2) is 76.1. The van der Waals surface area contributed by atoms with Gasteiger partial charge >= 0.3 is 39.5 Å². The van der Waals surface area contributed by atoms with Crippen LogP contribution in [-0.2, 0) is 65.4 Å². The highest BCUT2D eigenvalue weighted by molar-refractivity contribution is 7.47. The van der Waals surface area contributed by atoms with Crippen LogP contribution < -0.4 is 0 Å². The van der Waals surface area contributed by atoms with Crippen molar-refractivity contribution in [3.8, 4) is 0 Å². The molecule has 0 aromatic heterocycles. The molecular formula is C85H142O17P2. The van der Waals surface area contributed by atoms with Gasteiger partial charge in [0, 0.05) is 25.7 Å². The molecule has 0 saturated carbocycles. The van der Waals surface area contributed by atoms with E-state index in [0.717, 1.165) is 186 Å². The lowest BCUT2D eigenvalue weighted by Crippen LogP contribution is -2.30. The van der Waals surface area contributed by atoms with E-state index in [1.54, 1.807) is 0 Å². The number of rotatable bonds is 74. The molecule has 104 heavy (non-hydrogen) atoms. The van der Waals surface area contributed by atoms with Gasteiger partial charge in [-0.05, 0) is 161 Å². The summed E-state index contributed by atoms with van der Waals surface area (Å²) < 4.78 is 68.5. The molecule has 0 aliphatic carbocycles. The zero-order chi connectivity index (χ0) is 76.0. The summed E-state index contributed by atoms with van der Waals surface area (Å²) in [5, 5.41) is 10.6. The molecule has 0 radical (unpaired) electrons. The molecule has 5 unspecified atom stereocenters. The normalized spacial score (nSPS) is 14.6. The lowest BCUT2D eigenvalue weighted by Gasteiger charge is -2.21. The maximum Gasteiger partial charge on any atom is 0.472 e. The van der Waals surface area contributed by atoms with Crippen molar-refractivity contribution >= 4 is 39.5 Å². The van der Waals surface area contributed by atoms with E-state index < -0.39 is 97.5 Å². The van der Waals surface area contributed by atoms with Crippen LogP contribution in [0.5, 0.6) is 0 Å². The Morgan fingerprint density at radius 1 is 0.279 bits per heavy atom. The summed E-state index contributed by atoms with van der Waals surface area (Å²) >= 11 is 0. The van der Waals surface area contributed by atoms with E-state index in [0.29, 0.717) is 32.1 Å². The predicted octanol–water partition coefficient (Wildman–Crippen LogP) is 23.4. The second-order valence-electron chi connectivity index (χ2n) is 26.3. The second-order valence-corrected chi connectivity index (χ2v) is 29.2. The van der Waals surface area contributed by atoms with Crippen LogP contribution in [0.15, 0.2) is 146 Å². The van der Waals surface area contributed by atoms with E-state index in [1.165, 1.54) is 38.5 Å². The Hall–Kier alpha value is -5.06. The van der Waals surface area contributed by atoms with Crippen LogP contribution in [0, 0.1) is 0 Å². The lowest BCUT2D eigenvalue weighted by molar-refractivity contribution is -0.161. The molecule has 0 heterocycles. The van der Waals surface area contributed by atoms with Crippen molar-refractivity contribution < 1.29 is 80.2 Å². The van der Waals surface area contributed by atoms with Crippen LogP contribution in [0.4, 0.5) is 0 Å². The number of carbonyl (C=O) groups is 4. The number of hydrogen-bond acceptors (Lipinski definition) is 15. The van der Waals surface area contributed by atoms with Crippen molar-refractivity contribution in [2.75, 3.05) is 39.6 Å². The number of phosphoric ester groups is 2. The van der Waals surface area contributed by atoms with Crippen molar-refractivity contribution in [3.63, 3.8) is 0 Å². The van der Waals surface area contributed by atoms with Crippen molar-refractivity contribution in [1.82, 2.24) is 0 Å². The molecule has 0 rings (SSSR count). The van der Waals surface area contributed by atoms with Gasteiger partial charge in [-0.3, -0.25) is 37.3 Å². The Kier molecular flexibility index (Phi) is 72.4. The highest BCUT2D eigenvalue weighted by atomic mass is 31.2. The molecule has 0 aromatic carbocycles. The zero-order valence-corrected chi connectivity index (χ0v) is 66.7. The quantitative estimate of drug-likeness (QED) is 0.0169. The lowest BCUT2D eigenvalue weighted by atomic mass is 10.1. The van der Waals surface area contributed by atoms with Gasteiger partial charge in [0.25, 0.3) is 0 Å². The van der Waals surface area contributed by atoms with E-state index in [9.17, 15) is 43.2 Å². The fourth-order valence-electron chi connectivity index (χ4n) is 10.2. The summed E-state index contributed by atoms with van der Waals surface area (Å²) in [4.78, 5) is 73.0. The Morgan fingerprint density at radius 2 is 0.529 bits per heavy atom. The number of allylic oxidation sites excluding steroid dienone is 24. The summed E-state index contributed by atoms with van der Waals surface area (Å²) in [6.07, 6.45) is 86.9. The van der Waals surface area contributed by atoms with Gasteiger partial charge in [0.15, 0.2) is 12.2 Å². The Balaban J connectivity index is 5.43. The number of carbonyl (C=O) groups excluding carboxylic acids is 4.